The van der Waals surface area contributed by atoms with Crippen LogP contribution in [-0.2, 0) is 21.9 Å². The van der Waals surface area contributed by atoms with Crippen LogP contribution in [0, 0.1) is 10.1 Å². The molecule has 1 N–H and O–H groups in total. The Morgan fingerprint density at radius 1 is 1.24 bits per heavy atom. The van der Waals surface area contributed by atoms with E-state index in [2.05, 4.69) is 0 Å². The van der Waals surface area contributed by atoms with Crippen LogP contribution in [0.15, 0.2) is 30.0 Å². The van der Waals surface area contributed by atoms with Crippen LogP contribution in [-0.4, -0.2) is 15.8 Å². The molecule has 0 spiro atoms. The number of aliphatic hydroxyl groups excluding tert-OH is 1. The van der Waals surface area contributed by atoms with Crippen molar-refractivity contribution in [1.82, 2.24) is 0 Å². The first-order valence-electron chi connectivity index (χ1n) is 4.59. The third-order valence-electron chi connectivity index (χ3n) is 2.08. The number of carbonyl (C=O) groups is 1. The number of nitro benzene ring substituents is 1. The molecule has 0 fully saturated rings. The number of aliphatic hydroxyl groups is 1. The predicted octanol–water partition coefficient (Wildman–Crippen LogP) is 2.47. The summed E-state index contributed by atoms with van der Waals surface area (Å²) in [6.45, 7) is 2.73. The van der Waals surface area contributed by atoms with E-state index < -0.39 is 4.92 Å². The summed E-state index contributed by atoms with van der Waals surface area (Å²) in [5.74, 6) is -0.379. The Morgan fingerprint density at radius 3 is 2.00 bits per heavy atom. The van der Waals surface area contributed by atoms with Crippen LogP contribution in [0.5, 0.6) is 0 Å². The smallest absolute Gasteiger partial charge is 0.269 e. The first-order chi connectivity index (χ1) is 7.43. The number of non-ortho nitro benzene ring substituents is 1. The molecule has 0 saturated heterocycles. The van der Waals surface area contributed by atoms with Gasteiger partial charge in [0.05, 0.1) is 10.5 Å². The Labute approximate surface area is 109 Å². The molecule has 0 atom stereocenters. The maximum absolute atomic E-state index is 11.3. The van der Waals surface area contributed by atoms with Crippen LogP contribution in [0.1, 0.15) is 19.4 Å². The van der Waals surface area contributed by atoms with Gasteiger partial charge < -0.3 is 5.11 Å². The number of carbonyl (C=O) groups excluding carboxylic acids is 1. The van der Waals surface area contributed by atoms with Gasteiger partial charge >= 0.3 is 0 Å². The minimum atomic E-state index is -0.521. The molecule has 5 nitrogen and oxygen atoms in total. The summed E-state index contributed by atoms with van der Waals surface area (Å²) in [7, 11) is 0. The predicted molar refractivity (Wildman–Crippen MR) is 59.0 cm³/mol. The molecule has 0 bridgehead atoms. The maximum atomic E-state index is 11.3. The van der Waals surface area contributed by atoms with Crippen molar-refractivity contribution in [2.75, 3.05) is 0 Å². The van der Waals surface area contributed by atoms with Gasteiger partial charge in [0.2, 0.25) is 0 Å². The standard InChI is InChI=1S/C11H11NO4.Cu/c1-7(13)11(8(2)14)9-3-5-10(6-4-9)12(15)16;/h3-6,13H,1-2H3;/b11-7+;. The topological polar surface area (TPSA) is 80.4 Å². The van der Waals surface area contributed by atoms with E-state index in [-0.39, 0.29) is 39.9 Å². The van der Waals surface area contributed by atoms with Gasteiger partial charge in [0.15, 0.2) is 5.78 Å². The van der Waals surface area contributed by atoms with E-state index in [1.807, 2.05) is 0 Å². The molecule has 0 aliphatic carbocycles. The Balaban J connectivity index is 0.00000256. The number of ketones is 1. The van der Waals surface area contributed by atoms with Gasteiger partial charge in [-0.05, 0) is 31.5 Å². The third kappa shape index (κ3) is 3.69. The van der Waals surface area contributed by atoms with Crippen LogP contribution in [0.25, 0.3) is 5.57 Å². The second-order valence-corrected chi connectivity index (χ2v) is 3.32. The number of benzene rings is 1. The van der Waals surface area contributed by atoms with Crippen LogP contribution in [0.4, 0.5) is 5.69 Å². The molecule has 1 aromatic carbocycles. The van der Waals surface area contributed by atoms with Crippen molar-refractivity contribution >= 4 is 17.0 Å². The number of allylic oxidation sites excluding steroid dienone is 2. The summed E-state index contributed by atoms with van der Waals surface area (Å²) in [6.07, 6.45) is 0. The molecule has 0 saturated carbocycles. The minimum absolute atomic E-state index is 0. The minimum Gasteiger partial charge on any atom is -0.512 e. The van der Waals surface area contributed by atoms with E-state index in [9.17, 15) is 20.0 Å². The molecule has 6 heteroatoms. The molecule has 17 heavy (non-hydrogen) atoms. The van der Waals surface area contributed by atoms with Gasteiger partial charge in [0, 0.05) is 29.2 Å². The zero-order chi connectivity index (χ0) is 12.3. The molecule has 0 aromatic heterocycles. The van der Waals surface area contributed by atoms with Crippen molar-refractivity contribution < 1.29 is 31.9 Å². The SMILES string of the molecule is CC(=O)/C(=C(/C)O)c1ccc([N+](=O)[O-])cc1.[Cu]. The van der Waals surface area contributed by atoms with E-state index >= 15 is 0 Å². The molecule has 0 unspecified atom stereocenters. The van der Waals surface area contributed by atoms with E-state index in [0.29, 0.717) is 5.56 Å². The Kier molecular flexibility index (Phi) is 5.58. The summed E-state index contributed by atoms with van der Waals surface area (Å²) in [5, 5.41) is 19.8. The van der Waals surface area contributed by atoms with Gasteiger partial charge in [-0.15, -0.1) is 0 Å². The van der Waals surface area contributed by atoms with Gasteiger partial charge in [0.25, 0.3) is 5.69 Å². The van der Waals surface area contributed by atoms with Crippen LogP contribution >= 0.6 is 0 Å². The van der Waals surface area contributed by atoms with Gasteiger partial charge in [-0.1, -0.05) is 0 Å². The maximum Gasteiger partial charge on any atom is 0.269 e. The van der Waals surface area contributed by atoms with E-state index in [0.717, 1.165) is 0 Å². The van der Waals surface area contributed by atoms with Gasteiger partial charge in [-0.3, -0.25) is 14.9 Å². The molecular formula is C11H11CuNO4. The second kappa shape index (κ2) is 6.18. The molecular weight excluding hydrogens is 274 g/mol. The molecule has 1 aromatic rings. The number of Topliss-reactive ketones (excluding diaryl/α,β-unsaturated/α-hetero) is 1. The molecule has 1 radical (unpaired) electrons. The molecule has 0 amide bonds. The average Bonchev–Trinajstić information content (AvgIpc) is 2.17. The van der Waals surface area contributed by atoms with Gasteiger partial charge in [-0.2, -0.15) is 0 Å². The number of hydrogen-bond donors (Lipinski definition) is 1. The number of hydrogen-bond acceptors (Lipinski definition) is 4. The van der Waals surface area contributed by atoms with Crippen LogP contribution in [0.2, 0.25) is 0 Å². The Morgan fingerprint density at radius 2 is 1.71 bits per heavy atom. The first-order valence-corrected chi connectivity index (χ1v) is 4.59. The Hall–Kier alpha value is -1.65. The molecule has 0 aliphatic heterocycles. The zero-order valence-corrected chi connectivity index (χ0v) is 10.2. The number of nitro groups is 1. The normalized spacial score (nSPS) is 11.2. The summed E-state index contributed by atoms with van der Waals surface area (Å²) in [4.78, 5) is 21.2. The molecule has 1 rings (SSSR count). The molecule has 0 heterocycles. The fourth-order valence-corrected chi connectivity index (χ4v) is 1.42. The van der Waals surface area contributed by atoms with Crippen molar-refractivity contribution in [2.24, 2.45) is 0 Å². The fourth-order valence-electron chi connectivity index (χ4n) is 1.42. The van der Waals surface area contributed by atoms with Crippen molar-refractivity contribution in [2.45, 2.75) is 13.8 Å². The quantitative estimate of drug-likeness (QED) is 0.304. The molecule has 95 valence electrons. The summed E-state index contributed by atoms with van der Waals surface area (Å²) in [6, 6.07) is 5.46. The first kappa shape index (κ1) is 15.3. The fraction of sp³-hybridized carbons (Fsp3) is 0.182. The third-order valence-corrected chi connectivity index (χ3v) is 2.08. The van der Waals surface area contributed by atoms with Gasteiger partial charge in [-0.25, -0.2) is 0 Å². The van der Waals surface area contributed by atoms with E-state index in [4.69, 9.17) is 0 Å². The van der Waals surface area contributed by atoms with Crippen molar-refractivity contribution in [3.05, 3.63) is 45.7 Å². The summed E-state index contributed by atoms with van der Waals surface area (Å²) >= 11 is 0. The van der Waals surface area contributed by atoms with Crippen molar-refractivity contribution in [3.63, 3.8) is 0 Å². The molecule has 0 aliphatic rings. The summed E-state index contributed by atoms with van der Waals surface area (Å²) < 4.78 is 0. The van der Waals surface area contributed by atoms with Crippen molar-refractivity contribution in [1.29, 1.82) is 0 Å². The van der Waals surface area contributed by atoms with Crippen LogP contribution in [0.3, 0.4) is 0 Å². The van der Waals surface area contributed by atoms with Crippen molar-refractivity contribution in [3.8, 4) is 0 Å². The zero-order valence-electron chi connectivity index (χ0n) is 9.23. The number of nitrogens with zero attached hydrogens (tertiary/aromatic N) is 1. The second-order valence-electron chi connectivity index (χ2n) is 3.32. The monoisotopic (exact) mass is 284 g/mol. The van der Waals surface area contributed by atoms with E-state index in [1.165, 1.54) is 38.1 Å². The average molecular weight is 285 g/mol. The van der Waals surface area contributed by atoms with Gasteiger partial charge in [0.1, 0.15) is 5.76 Å². The Bertz CT molecular complexity index is 461. The van der Waals surface area contributed by atoms with E-state index in [1.54, 1.807) is 0 Å². The van der Waals surface area contributed by atoms with Crippen LogP contribution < -0.4 is 0 Å². The number of rotatable bonds is 3. The largest absolute Gasteiger partial charge is 0.512 e. The summed E-state index contributed by atoms with van der Waals surface area (Å²) in [5.41, 5.74) is 0.593.